The molecule has 0 spiro atoms. The van der Waals surface area contributed by atoms with Gasteiger partial charge in [0.25, 0.3) is 0 Å². The van der Waals surface area contributed by atoms with Crippen molar-refractivity contribution in [1.29, 1.82) is 0 Å². The molecule has 6 heteroatoms. The van der Waals surface area contributed by atoms with Gasteiger partial charge in [-0.2, -0.15) is 0 Å². The van der Waals surface area contributed by atoms with Gasteiger partial charge in [-0.3, -0.25) is 14.5 Å². The lowest BCUT2D eigenvalue weighted by atomic mass is 10.2. The van der Waals surface area contributed by atoms with Crippen LogP contribution in [-0.2, 0) is 14.3 Å². The van der Waals surface area contributed by atoms with Gasteiger partial charge in [0.15, 0.2) is 0 Å². The van der Waals surface area contributed by atoms with Gasteiger partial charge in [-0.1, -0.05) is 0 Å². The number of ether oxygens (including phenoxy) is 1. The molecule has 0 bridgehead atoms. The van der Waals surface area contributed by atoms with Crippen LogP contribution in [-0.4, -0.2) is 60.4 Å². The second-order valence-corrected chi connectivity index (χ2v) is 3.55. The highest BCUT2D eigenvalue weighted by Gasteiger charge is 2.12. The summed E-state index contributed by atoms with van der Waals surface area (Å²) in [6.45, 7) is 0.716. The lowest BCUT2D eigenvalue weighted by Crippen LogP contribution is -2.35. The van der Waals surface area contributed by atoms with E-state index >= 15 is 0 Å². The third-order valence-electron chi connectivity index (χ3n) is 2.04. The molecule has 6 nitrogen and oxygen atoms in total. The highest BCUT2D eigenvalue weighted by atomic mass is 16.5. The average Bonchev–Trinajstić information content (AvgIpc) is 2.15. The number of unbranched alkanes of at least 4 members (excludes halogenated alkanes) is 2. The van der Waals surface area contributed by atoms with Crippen molar-refractivity contribution in [2.24, 2.45) is 0 Å². The fraction of sp³-hybridized carbons (Fsp3) is 0.800. The van der Waals surface area contributed by atoms with Crippen LogP contribution in [0.3, 0.4) is 0 Å². The number of hydrogen-bond donors (Lipinski definition) is 2. The van der Waals surface area contributed by atoms with Crippen LogP contribution >= 0.6 is 0 Å². The van der Waals surface area contributed by atoms with E-state index < -0.39 is 11.9 Å². The summed E-state index contributed by atoms with van der Waals surface area (Å²) in [5, 5.41) is 17.2. The molecule has 0 aliphatic heterocycles. The Labute approximate surface area is 94.8 Å². The molecule has 0 atom stereocenters. The molecule has 0 aliphatic rings. The summed E-state index contributed by atoms with van der Waals surface area (Å²) < 4.78 is 4.88. The minimum Gasteiger partial charge on any atom is -0.480 e. The summed E-state index contributed by atoms with van der Waals surface area (Å²) in [6, 6.07) is 0. The first-order chi connectivity index (χ1) is 7.56. The van der Waals surface area contributed by atoms with Crippen molar-refractivity contribution in [3.63, 3.8) is 0 Å². The first kappa shape index (κ1) is 14.9. The smallest absolute Gasteiger partial charge is 0.317 e. The van der Waals surface area contributed by atoms with E-state index in [1.165, 1.54) is 4.90 Å². The standard InChI is InChI=1S/C10H19NO5/c1-16-6-4-2-3-5-11(7-9(12)13)8-10(14)15/h2-8H2,1H3,(H,12,13)(H,14,15). The highest BCUT2D eigenvalue weighted by molar-refractivity contribution is 5.72. The summed E-state index contributed by atoms with van der Waals surface area (Å²) in [5.74, 6) is -2.00. The second kappa shape index (κ2) is 9.11. The number of aliphatic carboxylic acids is 2. The van der Waals surface area contributed by atoms with Gasteiger partial charge in [0.05, 0.1) is 13.1 Å². The van der Waals surface area contributed by atoms with Crippen molar-refractivity contribution < 1.29 is 24.5 Å². The van der Waals surface area contributed by atoms with Crippen molar-refractivity contribution in [2.45, 2.75) is 19.3 Å². The number of carbonyl (C=O) groups is 2. The first-order valence-electron chi connectivity index (χ1n) is 5.21. The van der Waals surface area contributed by atoms with Crippen LogP contribution in [0, 0.1) is 0 Å². The maximum Gasteiger partial charge on any atom is 0.317 e. The van der Waals surface area contributed by atoms with E-state index in [4.69, 9.17) is 14.9 Å². The molecule has 0 aromatic rings. The zero-order chi connectivity index (χ0) is 12.4. The molecule has 0 saturated carbocycles. The maximum atomic E-state index is 10.5. The van der Waals surface area contributed by atoms with Crippen LogP contribution in [0.5, 0.6) is 0 Å². The molecule has 0 radical (unpaired) electrons. The predicted octanol–water partition coefficient (Wildman–Crippen LogP) is 0.274. The third-order valence-corrected chi connectivity index (χ3v) is 2.04. The number of methoxy groups -OCH3 is 1. The summed E-state index contributed by atoms with van der Waals surface area (Å²) in [6.07, 6.45) is 2.60. The van der Waals surface area contributed by atoms with Gasteiger partial charge >= 0.3 is 11.9 Å². The molecule has 0 aromatic heterocycles. The Bertz CT molecular complexity index is 203. The minimum atomic E-state index is -1.00. The average molecular weight is 233 g/mol. The Morgan fingerprint density at radius 2 is 1.62 bits per heavy atom. The number of rotatable bonds is 10. The Kier molecular flexibility index (Phi) is 8.46. The molecule has 2 N–H and O–H groups in total. The molecule has 0 aliphatic carbocycles. The Morgan fingerprint density at radius 1 is 1.06 bits per heavy atom. The van der Waals surface area contributed by atoms with Gasteiger partial charge in [0.1, 0.15) is 0 Å². The zero-order valence-corrected chi connectivity index (χ0v) is 9.52. The molecule has 0 amide bonds. The quantitative estimate of drug-likeness (QED) is 0.527. The van der Waals surface area contributed by atoms with E-state index in [9.17, 15) is 9.59 Å². The highest BCUT2D eigenvalue weighted by Crippen LogP contribution is 1.99. The second-order valence-electron chi connectivity index (χ2n) is 3.55. The topological polar surface area (TPSA) is 87.1 Å². The third kappa shape index (κ3) is 9.42. The predicted molar refractivity (Wildman–Crippen MR) is 57.4 cm³/mol. The van der Waals surface area contributed by atoms with Crippen LogP contribution in [0.1, 0.15) is 19.3 Å². The molecule has 0 aromatic carbocycles. The molecular weight excluding hydrogens is 214 g/mol. The molecule has 16 heavy (non-hydrogen) atoms. The van der Waals surface area contributed by atoms with Crippen molar-refractivity contribution in [3.8, 4) is 0 Å². The maximum absolute atomic E-state index is 10.5. The van der Waals surface area contributed by atoms with Gasteiger partial charge in [0.2, 0.25) is 0 Å². The Balaban J connectivity index is 3.73. The number of carboxylic acid groups (broad SMARTS) is 2. The van der Waals surface area contributed by atoms with Gasteiger partial charge in [-0.25, -0.2) is 0 Å². The van der Waals surface area contributed by atoms with Crippen LogP contribution in [0.15, 0.2) is 0 Å². The van der Waals surface area contributed by atoms with E-state index in [1.807, 2.05) is 0 Å². The van der Waals surface area contributed by atoms with Gasteiger partial charge in [0, 0.05) is 13.7 Å². The van der Waals surface area contributed by atoms with Crippen LogP contribution in [0.4, 0.5) is 0 Å². The zero-order valence-electron chi connectivity index (χ0n) is 9.52. The monoisotopic (exact) mass is 233 g/mol. The molecule has 94 valence electrons. The van der Waals surface area contributed by atoms with E-state index in [-0.39, 0.29) is 13.1 Å². The van der Waals surface area contributed by atoms with E-state index in [0.29, 0.717) is 13.2 Å². The lowest BCUT2D eigenvalue weighted by Gasteiger charge is -2.17. The van der Waals surface area contributed by atoms with Crippen LogP contribution < -0.4 is 0 Å². The molecule has 0 fully saturated rings. The minimum absolute atomic E-state index is 0.226. The Morgan fingerprint density at radius 3 is 2.06 bits per heavy atom. The molecule has 0 unspecified atom stereocenters. The summed E-state index contributed by atoms with van der Waals surface area (Å²) >= 11 is 0. The SMILES string of the molecule is COCCCCCN(CC(=O)O)CC(=O)O. The number of nitrogens with zero attached hydrogens (tertiary/aromatic N) is 1. The van der Waals surface area contributed by atoms with Crippen molar-refractivity contribution >= 4 is 11.9 Å². The van der Waals surface area contributed by atoms with Crippen molar-refractivity contribution in [3.05, 3.63) is 0 Å². The van der Waals surface area contributed by atoms with Gasteiger partial charge < -0.3 is 14.9 Å². The van der Waals surface area contributed by atoms with E-state index in [2.05, 4.69) is 0 Å². The normalized spacial score (nSPS) is 10.6. The van der Waals surface area contributed by atoms with E-state index in [1.54, 1.807) is 7.11 Å². The van der Waals surface area contributed by atoms with Crippen molar-refractivity contribution in [1.82, 2.24) is 4.90 Å². The Hall–Kier alpha value is -1.14. The largest absolute Gasteiger partial charge is 0.480 e. The fourth-order valence-electron chi connectivity index (χ4n) is 1.36. The molecule has 0 saturated heterocycles. The fourth-order valence-corrected chi connectivity index (χ4v) is 1.36. The van der Waals surface area contributed by atoms with E-state index in [0.717, 1.165) is 19.3 Å². The van der Waals surface area contributed by atoms with Crippen LogP contribution in [0.25, 0.3) is 0 Å². The molecule has 0 heterocycles. The van der Waals surface area contributed by atoms with Gasteiger partial charge in [-0.05, 0) is 25.8 Å². The van der Waals surface area contributed by atoms with Crippen LogP contribution in [0.2, 0.25) is 0 Å². The summed E-state index contributed by atoms with van der Waals surface area (Å²) in [7, 11) is 1.63. The first-order valence-corrected chi connectivity index (χ1v) is 5.21. The lowest BCUT2D eigenvalue weighted by molar-refractivity contribution is -0.141. The number of hydrogen-bond acceptors (Lipinski definition) is 4. The molecule has 0 rings (SSSR count). The molecular formula is C10H19NO5. The van der Waals surface area contributed by atoms with Gasteiger partial charge in [-0.15, -0.1) is 0 Å². The summed E-state index contributed by atoms with van der Waals surface area (Å²) in [4.78, 5) is 22.4. The van der Waals surface area contributed by atoms with Crippen molar-refractivity contribution in [2.75, 3.05) is 33.4 Å². The number of carboxylic acids is 2. The summed E-state index contributed by atoms with van der Waals surface area (Å²) in [5.41, 5.74) is 0.